The molecule has 5 aromatic rings. The number of aromatic nitrogens is 5. The molecular formula is C53H68N13O7P. The summed E-state index contributed by atoms with van der Waals surface area (Å²) in [6.45, 7) is 19.5. The summed E-state index contributed by atoms with van der Waals surface area (Å²) < 4.78 is 16.7. The smallest absolute Gasteiger partial charge is 0.392 e. The second-order valence-electron chi connectivity index (χ2n) is 21.5. The molecule has 0 radical (unpaired) electrons. The number of fused-ring (bicyclic) bond motifs is 3. The van der Waals surface area contributed by atoms with Crippen LogP contribution >= 0.6 is 7.75 Å². The third kappa shape index (κ3) is 9.86. The van der Waals surface area contributed by atoms with Crippen LogP contribution in [0.3, 0.4) is 0 Å². The molecule has 3 fully saturated rings. The number of piperazine rings is 2. The first-order valence-corrected chi connectivity index (χ1v) is 27.2. The third-order valence-corrected chi connectivity index (χ3v) is 16.9. The number of aliphatic hydroxyl groups is 1. The van der Waals surface area contributed by atoms with E-state index in [1.807, 2.05) is 37.4 Å². The van der Waals surface area contributed by atoms with Gasteiger partial charge in [-0.3, -0.25) is 24.2 Å². The number of pyridine rings is 2. The van der Waals surface area contributed by atoms with Gasteiger partial charge >= 0.3 is 7.75 Å². The molecule has 0 spiro atoms. The lowest BCUT2D eigenvalue weighted by atomic mass is 9.90. The van der Waals surface area contributed by atoms with Crippen LogP contribution in [0.1, 0.15) is 74.8 Å². The summed E-state index contributed by atoms with van der Waals surface area (Å²) in [4.78, 5) is 85.4. The van der Waals surface area contributed by atoms with Crippen LogP contribution in [0.4, 0.5) is 40.2 Å². The van der Waals surface area contributed by atoms with E-state index in [1.54, 1.807) is 36.5 Å². The summed E-state index contributed by atoms with van der Waals surface area (Å²) in [5.41, 5.74) is 7.19. The van der Waals surface area contributed by atoms with Crippen molar-refractivity contribution < 1.29 is 29.0 Å². The van der Waals surface area contributed by atoms with Crippen LogP contribution < -0.4 is 35.8 Å². The Morgan fingerprint density at radius 2 is 1.66 bits per heavy atom. The Kier molecular flexibility index (Phi) is 13.8. The van der Waals surface area contributed by atoms with Crippen LogP contribution in [0.25, 0.3) is 11.3 Å². The van der Waals surface area contributed by atoms with Gasteiger partial charge in [0.2, 0.25) is 5.91 Å². The van der Waals surface area contributed by atoms with Crippen molar-refractivity contribution in [3.05, 3.63) is 107 Å². The largest absolute Gasteiger partial charge is 0.403 e. The number of carbonyl (C=O) groups excluding carboxylic acids is 2. The van der Waals surface area contributed by atoms with E-state index in [1.165, 1.54) is 26.6 Å². The zero-order chi connectivity index (χ0) is 52.4. The van der Waals surface area contributed by atoms with E-state index in [-0.39, 0.29) is 59.8 Å². The molecule has 10 rings (SSSR count). The molecule has 8 heterocycles. The standard InChI is InChI=1S/C53H68N13O7P/c1-8-48(68)57-42-25-37(56-49-52(70)59(7)31-43(58-49)40-12-15-55-50(41(40)32-67)66-22-21-65-45(51(66)69)24-36-27-53(5,6)28-46(36)65)9-10-44(42)63-19-17-60(29-34(63)3)38-13-16-62(33(2)23-38)39-11-14-54-47(26-39)64-20-18-61(30-35(64)4)74(71,72)73/h8-12,14-15,24-26,31,33-35,38,67H,1,13,16-23,27-30,32H2,2-7H3,(H,56,58)(H,57,68)(H2,71,72,73)/t33-,34+,35+,38?/m1/s1. The molecule has 392 valence electrons. The predicted octanol–water partition coefficient (Wildman–Crippen LogP) is 5.36. The van der Waals surface area contributed by atoms with Crippen LogP contribution in [0.5, 0.6) is 0 Å². The van der Waals surface area contributed by atoms with Gasteiger partial charge in [0.05, 0.1) is 23.7 Å². The summed E-state index contributed by atoms with van der Waals surface area (Å²) in [7, 11) is -2.67. The number of benzene rings is 1. The van der Waals surface area contributed by atoms with Crippen LogP contribution in [-0.4, -0.2) is 137 Å². The van der Waals surface area contributed by atoms with Crippen molar-refractivity contribution in [2.75, 3.05) is 82.6 Å². The molecule has 2 amide bonds. The van der Waals surface area contributed by atoms with Gasteiger partial charge in [-0.15, -0.1) is 0 Å². The van der Waals surface area contributed by atoms with Gasteiger partial charge in [-0.25, -0.2) is 24.2 Å². The van der Waals surface area contributed by atoms with Crippen molar-refractivity contribution >= 4 is 59.8 Å². The normalized spacial score (nSPS) is 22.4. The minimum absolute atomic E-state index is 0.0330. The quantitative estimate of drug-likeness (QED) is 0.0785. The van der Waals surface area contributed by atoms with Crippen molar-refractivity contribution in [2.45, 2.75) is 97.6 Å². The number of amides is 2. The van der Waals surface area contributed by atoms with Crippen LogP contribution in [0.2, 0.25) is 0 Å². The Bertz CT molecular complexity index is 3120. The van der Waals surface area contributed by atoms with E-state index in [2.05, 4.69) is 85.1 Å². The Balaban J connectivity index is 0.825. The number of hydrogen-bond donors (Lipinski definition) is 5. The number of carbonyl (C=O) groups is 2. The van der Waals surface area contributed by atoms with Gasteiger partial charge in [0, 0.05) is 143 Å². The van der Waals surface area contributed by atoms with Crippen molar-refractivity contribution in [3.63, 3.8) is 0 Å². The van der Waals surface area contributed by atoms with Crippen LogP contribution in [0.15, 0.2) is 78.5 Å². The van der Waals surface area contributed by atoms with E-state index in [0.29, 0.717) is 65.4 Å². The summed E-state index contributed by atoms with van der Waals surface area (Å²) in [5, 5.41) is 17.1. The molecule has 3 saturated heterocycles. The number of aryl methyl sites for hydroxylation is 1. The zero-order valence-electron chi connectivity index (χ0n) is 43.1. The van der Waals surface area contributed by atoms with Gasteiger partial charge in [0.1, 0.15) is 17.3 Å². The highest BCUT2D eigenvalue weighted by molar-refractivity contribution is 7.49. The molecular weight excluding hydrogens is 962 g/mol. The van der Waals surface area contributed by atoms with Gasteiger partial charge in [-0.2, -0.15) is 0 Å². The summed E-state index contributed by atoms with van der Waals surface area (Å²) in [5.74, 6) is 0.653. The summed E-state index contributed by atoms with van der Waals surface area (Å²) in [6.07, 6.45) is 10.1. The number of hydrogen-bond acceptors (Lipinski definition) is 13. The molecule has 1 aliphatic carbocycles. The van der Waals surface area contributed by atoms with Gasteiger partial charge < -0.3 is 49.4 Å². The lowest BCUT2D eigenvalue weighted by Gasteiger charge is -2.48. The van der Waals surface area contributed by atoms with Gasteiger partial charge in [0.25, 0.3) is 11.5 Å². The maximum absolute atomic E-state index is 14.1. The summed E-state index contributed by atoms with van der Waals surface area (Å²) in [6, 6.07) is 14.1. The lowest BCUT2D eigenvalue weighted by molar-refractivity contribution is -0.111. The average Bonchev–Trinajstić information content (AvgIpc) is 3.87. The molecule has 0 saturated carbocycles. The minimum atomic E-state index is -4.30. The fourth-order valence-electron chi connectivity index (χ4n) is 12.1. The van der Waals surface area contributed by atoms with E-state index >= 15 is 0 Å². The minimum Gasteiger partial charge on any atom is -0.392 e. The lowest BCUT2D eigenvalue weighted by Crippen LogP contribution is -2.58. The molecule has 4 atom stereocenters. The first-order chi connectivity index (χ1) is 35.3. The second-order valence-corrected chi connectivity index (χ2v) is 23.1. The van der Waals surface area contributed by atoms with Crippen molar-refractivity contribution in [1.82, 2.24) is 33.7 Å². The number of anilines is 7. The molecule has 5 N–H and O–H groups in total. The first kappa shape index (κ1) is 51.1. The molecule has 5 aliphatic rings. The highest BCUT2D eigenvalue weighted by atomic mass is 31.2. The molecule has 4 aliphatic heterocycles. The topological polar surface area (TPSA) is 221 Å². The Hall–Kier alpha value is -6.41. The third-order valence-electron chi connectivity index (χ3n) is 15.8. The number of rotatable bonds is 12. The van der Waals surface area contributed by atoms with Crippen LogP contribution in [0, 0.1) is 5.41 Å². The first-order valence-electron chi connectivity index (χ1n) is 25.7. The van der Waals surface area contributed by atoms with E-state index < -0.39 is 14.4 Å². The monoisotopic (exact) mass is 1030 g/mol. The molecule has 74 heavy (non-hydrogen) atoms. The fourth-order valence-corrected chi connectivity index (χ4v) is 12.9. The maximum atomic E-state index is 14.1. The number of aliphatic hydroxyl groups excluding tert-OH is 1. The van der Waals surface area contributed by atoms with Crippen molar-refractivity contribution in [2.24, 2.45) is 12.5 Å². The van der Waals surface area contributed by atoms with Crippen molar-refractivity contribution in [3.8, 4) is 11.3 Å². The molecule has 0 bridgehead atoms. The Morgan fingerprint density at radius 1 is 0.892 bits per heavy atom. The van der Waals surface area contributed by atoms with E-state index in [9.17, 15) is 33.8 Å². The van der Waals surface area contributed by atoms with Gasteiger partial charge in [-0.1, -0.05) is 20.4 Å². The number of piperidine rings is 1. The number of nitrogens with one attached hydrogen (secondary N) is 2. The van der Waals surface area contributed by atoms with E-state index in [0.717, 1.165) is 69.1 Å². The highest BCUT2D eigenvalue weighted by Crippen LogP contribution is 2.43. The molecule has 20 nitrogen and oxygen atoms in total. The second kappa shape index (κ2) is 20.0. The average molecular weight is 1030 g/mol. The fraction of sp³-hybridized carbons (Fsp3) is 0.472. The van der Waals surface area contributed by atoms with Crippen molar-refractivity contribution in [1.29, 1.82) is 0 Å². The van der Waals surface area contributed by atoms with E-state index in [4.69, 9.17) is 4.98 Å². The molecule has 21 heteroatoms. The predicted molar refractivity (Wildman–Crippen MR) is 287 cm³/mol. The van der Waals surface area contributed by atoms with Crippen LogP contribution in [-0.2, 0) is 42.4 Å². The Labute approximate surface area is 431 Å². The Morgan fingerprint density at radius 3 is 2.39 bits per heavy atom. The molecule has 4 aromatic heterocycles. The SMILES string of the molecule is C=CC(=O)Nc1cc(Nc2nc(-c3ccnc(N4CCn5c(cc6c5CC(C)(C)C6)C4=O)c3CO)cn(C)c2=O)ccc1N1CCN(C2CCN(c3ccnc(N4CCN(P(=O)(O)O)C[C@@H]4C)c3)[C@H](C)C2)C[C@@H]1C. The molecule has 1 unspecified atom stereocenters. The summed E-state index contributed by atoms with van der Waals surface area (Å²) >= 11 is 0. The maximum Gasteiger partial charge on any atom is 0.403 e. The molecule has 1 aromatic carbocycles. The zero-order valence-corrected chi connectivity index (χ0v) is 44.0. The van der Waals surface area contributed by atoms with Gasteiger partial charge in [0.15, 0.2) is 5.82 Å². The highest BCUT2D eigenvalue weighted by Gasteiger charge is 2.39. The van der Waals surface area contributed by atoms with Gasteiger partial charge in [-0.05, 0) is 99.9 Å². The number of nitrogens with zero attached hydrogens (tertiary/aromatic N) is 11.